The number of hydrogen-bond acceptors (Lipinski definition) is 6. The van der Waals surface area contributed by atoms with Gasteiger partial charge >= 0.3 is 6.43 Å². The smallest absolute Gasteiger partial charge is 0.315 e. The maximum absolute atomic E-state index is 16.4. The van der Waals surface area contributed by atoms with Gasteiger partial charge in [-0.05, 0) is 47.7 Å². The highest BCUT2D eigenvalue weighted by molar-refractivity contribution is 6.05. The lowest BCUT2D eigenvalue weighted by atomic mass is 9.91. The van der Waals surface area contributed by atoms with Crippen molar-refractivity contribution in [2.45, 2.75) is 26.2 Å². The van der Waals surface area contributed by atoms with Gasteiger partial charge in [-0.15, -0.1) is 0 Å². The van der Waals surface area contributed by atoms with Gasteiger partial charge in [-0.1, -0.05) is 13.0 Å². The second-order valence-electron chi connectivity index (χ2n) is 11.2. The van der Waals surface area contributed by atoms with E-state index in [0.717, 1.165) is 22.2 Å². The molecule has 9 nitrogen and oxygen atoms in total. The summed E-state index contributed by atoms with van der Waals surface area (Å²) < 4.78 is 61.8. The fraction of sp³-hybridized carbons (Fsp3) is 0.333. The van der Waals surface area contributed by atoms with Crippen LogP contribution in [0.2, 0.25) is 0 Å². The fourth-order valence-corrected chi connectivity index (χ4v) is 6.16. The van der Waals surface area contributed by atoms with Crippen LogP contribution in [0.3, 0.4) is 0 Å². The van der Waals surface area contributed by atoms with Gasteiger partial charge in [-0.2, -0.15) is 8.78 Å². The van der Waals surface area contributed by atoms with Crippen molar-refractivity contribution >= 4 is 34.1 Å². The van der Waals surface area contributed by atoms with Crippen LogP contribution in [-0.2, 0) is 11.2 Å². The molecule has 6 rings (SSSR count). The van der Waals surface area contributed by atoms with E-state index in [-0.39, 0.29) is 35.8 Å². The first-order chi connectivity index (χ1) is 22.2. The number of aryl methyl sites for hydroxylation is 1. The zero-order valence-electron chi connectivity index (χ0n) is 25.3. The Balaban J connectivity index is 1.35. The number of hydrogen-bond donors (Lipinski definition) is 1. The van der Waals surface area contributed by atoms with Crippen LogP contribution in [0.4, 0.5) is 23.4 Å². The van der Waals surface area contributed by atoms with E-state index in [0.29, 0.717) is 67.1 Å². The maximum Gasteiger partial charge on any atom is 0.315 e. The molecule has 13 heteroatoms. The Morgan fingerprint density at radius 2 is 1.78 bits per heavy atom. The van der Waals surface area contributed by atoms with E-state index < -0.39 is 24.0 Å². The SMILES string of the molecule is CCc1ccncc1-c1cc(C2=CCCN(C(=O)C(F)F)C2)c(F)c2[nH]c(C(=O)N3CCN(c4ncc(F)cc4OC)CC3)cc12. The molecule has 1 aromatic carbocycles. The number of carbonyl (C=O) groups is 2. The topological polar surface area (TPSA) is 94.7 Å². The standard InChI is InChI=1S/C33H32F4N6O3/c1-3-19-6-7-38-17-25(19)23-14-22(20-5-4-8-43(18-20)33(45)30(36)37)28(35)29-24(23)15-26(40-29)32(44)42-11-9-41(10-12-42)31-27(46-2)13-21(34)16-39-31/h5-7,13-17,30,40H,3-4,8-12,18H2,1-2H3. The number of aromatic nitrogens is 3. The molecule has 2 amide bonds. The molecule has 240 valence electrons. The van der Waals surface area contributed by atoms with Crippen molar-refractivity contribution in [2.75, 3.05) is 51.3 Å². The Labute approximate surface area is 262 Å². The second-order valence-corrected chi connectivity index (χ2v) is 11.2. The Kier molecular flexibility index (Phi) is 8.65. The molecule has 4 aromatic rings. The van der Waals surface area contributed by atoms with E-state index in [1.54, 1.807) is 35.5 Å². The molecule has 3 aromatic heterocycles. The van der Waals surface area contributed by atoms with E-state index in [4.69, 9.17) is 4.74 Å². The number of pyridine rings is 2. The molecule has 0 unspecified atom stereocenters. The quantitative estimate of drug-likeness (QED) is 0.276. The summed E-state index contributed by atoms with van der Waals surface area (Å²) in [6.45, 7) is 3.44. The summed E-state index contributed by atoms with van der Waals surface area (Å²) >= 11 is 0. The lowest BCUT2D eigenvalue weighted by Gasteiger charge is -2.35. The number of piperazine rings is 1. The van der Waals surface area contributed by atoms with Crippen LogP contribution in [0.25, 0.3) is 27.6 Å². The largest absolute Gasteiger partial charge is 0.493 e. The van der Waals surface area contributed by atoms with Crippen LogP contribution in [0.15, 0.2) is 48.9 Å². The summed E-state index contributed by atoms with van der Waals surface area (Å²) in [6.07, 6.45) is 4.04. The number of fused-ring (bicyclic) bond motifs is 1. The number of benzene rings is 1. The number of anilines is 1. The molecule has 0 saturated carbocycles. The van der Waals surface area contributed by atoms with Gasteiger partial charge in [0.05, 0.1) is 18.8 Å². The molecule has 2 aliphatic rings. The molecule has 1 fully saturated rings. The summed E-state index contributed by atoms with van der Waals surface area (Å²) in [5.41, 5.74) is 3.19. The van der Waals surface area contributed by atoms with Gasteiger partial charge in [0.1, 0.15) is 11.5 Å². The van der Waals surface area contributed by atoms with Gasteiger partial charge in [-0.25, -0.2) is 13.8 Å². The number of rotatable bonds is 7. The van der Waals surface area contributed by atoms with Crippen molar-refractivity contribution in [2.24, 2.45) is 0 Å². The third-order valence-corrected chi connectivity index (χ3v) is 8.55. The highest BCUT2D eigenvalue weighted by Gasteiger charge is 2.30. The molecular weight excluding hydrogens is 604 g/mol. The number of H-pyrrole nitrogens is 1. The highest BCUT2D eigenvalue weighted by Crippen LogP contribution is 2.38. The van der Waals surface area contributed by atoms with Gasteiger partial charge < -0.3 is 24.4 Å². The molecule has 0 spiro atoms. The van der Waals surface area contributed by atoms with Crippen LogP contribution in [0, 0.1) is 11.6 Å². The summed E-state index contributed by atoms with van der Waals surface area (Å²) in [5.74, 6) is -2.00. The van der Waals surface area contributed by atoms with Crippen LogP contribution in [0.5, 0.6) is 5.75 Å². The number of nitrogens with one attached hydrogen (secondary N) is 1. The third-order valence-electron chi connectivity index (χ3n) is 8.55. The molecule has 2 aliphatic heterocycles. The maximum atomic E-state index is 16.4. The Bertz CT molecular complexity index is 1830. The monoisotopic (exact) mass is 636 g/mol. The minimum absolute atomic E-state index is 0.0962. The van der Waals surface area contributed by atoms with Gasteiger partial charge in [-0.3, -0.25) is 14.6 Å². The number of halogens is 4. The summed E-state index contributed by atoms with van der Waals surface area (Å²) in [5, 5.41) is 0.475. The van der Waals surface area contributed by atoms with E-state index in [1.165, 1.54) is 13.2 Å². The number of carbonyl (C=O) groups excluding carboxylic acids is 2. The molecule has 0 bridgehead atoms. The molecule has 1 saturated heterocycles. The number of nitrogens with zero attached hydrogens (tertiary/aromatic N) is 5. The lowest BCUT2D eigenvalue weighted by Crippen LogP contribution is -2.49. The van der Waals surface area contributed by atoms with Gasteiger partial charge in [0, 0.05) is 74.2 Å². The minimum atomic E-state index is -3.16. The molecule has 0 radical (unpaired) electrons. The van der Waals surface area contributed by atoms with Crippen molar-refractivity contribution in [3.63, 3.8) is 0 Å². The molecule has 1 N–H and O–H groups in total. The normalized spacial score (nSPS) is 15.5. The predicted octanol–water partition coefficient (Wildman–Crippen LogP) is 5.32. The molecular formula is C33H32F4N6O3. The fourth-order valence-electron chi connectivity index (χ4n) is 6.16. The van der Waals surface area contributed by atoms with Crippen LogP contribution < -0.4 is 9.64 Å². The first-order valence-electron chi connectivity index (χ1n) is 15.0. The van der Waals surface area contributed by atoms with Crippen molar-refractivity contribution in [1.29, 1.82) is 0 Å². The van der Waals surface area contributed by atoms with Gasteiger partial charge in [0.25, 0.3) is 11.8 Å². The Hall–Kier alpha value is -4.94. The Morgan fingerprint density at radius 3 is 2.50 bits per heavy atom. The summed E-state index contributed by atoms with van der Waals surface area (Å²) in [7, 11) is 1.44. The van der Waals surface area contributed by atoms with Crippen molar-refractivity contribution in [3.05, 3.63) is 77.4 Å². The molecule has 0 atom stereocenters. The average Bonchev–Trinajstić information content (AvgIpc) is 3.54. The van der Waals surface area contributed by atoms with Gasteiger partial charge in [0.2, 0.25) is 0 Å². The number of methoxy groups -OCH3 is 1. The highest BCUT2D eigenvalue weighted by atomic mass is 19.3. The van der Waals surface area contributed by atoms with Crippen LogP contribution in [-0.4, -0.2) is 89.4 Å². The van der Waals surface area contributed by atoms with Crippen LogP contribution >= 0.6 is 0 Å². The van der Waals surface area contributed by atoms with E-state index >= 15 is 4.39 Å². The number of aromatic amines is 1. The zero-order valence-corrected chi connectivity index (χ0v) is 25.3. The van der Waals surface area contributed by atoms with Crippen LogP contribution in [0.1, 0.15) is 35.0 Å². The van der Waals surface area contributed by atoms with E-state index in [9.17, 15) is 22.8 Å². The molecule has 0 aliphatic carbocycles. The third kappa shape index (κ3) is 5.77. The van der Waals surface area contributed by atoms with Crippen molar-refractivity contribution < 1.29 is 31.9 Å². The molecule has 46 heavy (non-hydrogen) atoms. The first-order valence-corrected chi connectivity index (χ1v) is 15.0. The van der Waals surface area contributed by atoms with Gasteiger partial charge in [0.15, 0.2) is 17.4 Å². The minimum Gasteiger partial charge on any atom is -0.493 e. The van der Waals surface area contributed by atoms with Crippen molar-refractivity contribution in [1.82, 2.24) is 24.8 Å². The van der Waals surface area contributed by atoms with E-state index in [1.807, 2.05) is 17.9 Å². The van der Waals surface area contributed by atoms with E-state index in [2.05, 4.69) is 15.0 Å². The average molecular weight is 637 g/mol. The Morgan fingerprint density at radius 1 is 1.00 bits per heavy atom. The number of alkyl halides is 2. The predicted molar refractivity (Wildman–Crippen MR) is 165 cm³/mol. The summed E-state index contributed by atoms with van der Waals surface area (Å²) in [4.78, 5) is 41.9. The number of amides is 2. The first kappa shape index (κ1) is 31.1. The molecule has 5 heterocycles. The summed E-state index contributed by atoms with van der Waals surface area (Å²) in [6, 6.07) is 6.41. The second kappa shape index (κ2) is 12.8. The zero-order chi connectivity index (χ0) is 32.5. The van der Waals surface area contributed by atoms with Crippen molar-refractivity contribution in [3.8, 4) is 16.9 Å². The number of ether oxygens (including phenoxy) is 1. The lowest BCUT2D eigenvalue weighted by molar-refractivity contribution is -0.142.